The number of hydrogen-bond donors (Lipinski definition) is 2. The Morgan fingerprint density at radius 2 is 1.76 bits per heavy atom. The number of benzene rings is 2. The topological polar surface area (TPSA) is 98.5 Å². The summed E-state index contributed by atoms with van der Waals surface area (Å²) in [5.74, 6) is -1.41. The molecular weight excluding hydrogens is 272 g/mol. The molecule has 0 spiro atoms. The Balaban J connectivity index is 2.11. The summed E-state index contributed by atoms with van der Waals surface area (Å²) in [6.45, 7) is 1.36. The quantitative estimate of drug-likeness (QED) is 0.837. The Morgan fingerprint density at radius 1 is 1.10 bits per heavy atom. The number of esters is 1. The lowest BCUT2D eigenvalue weighted by Crippen LogP contribution is -2.42. The smallest absolute Gasteiger partial charge is 0.338 e. The largest absolute Gasteiger partial charge is 0.449 e. The molecule has 0 radical (unpaired) electrons. The molecule has 0 bridgehead atoms. The summed E-state index contributed by atoms with van der Waals surface area (Å²) >= 11 is 0. The van der Waals surface area contributed by atoms with E-state index in [-0.39, 0.29) is 0 Å². The number of ether oxygens (including phenoxy) is 1. The van der Waals surface area contributed by atoms with Crippen molar-refractivity contribution < 1.29 is 19.1 Å². The van der Waals surface area contributed by atoms with Gasteiger partial charge in [0.25, 0.3) is 5.91 Å². The fourth-order valence-electron chi connectivity index (χ4n) is 1.82. The van der Waals surface area contributed by atoms with E-state index in [9.17, 15) is 14.4 Å². The summed E-state index contributed by atoms with van der Waals surface area (Å²) in [5, 5.41) is 3.74. The van der Waals surface area contributed by atoms with Crippen molar-refractivity contribution in [2.45, 2.75) is 13.0 Å². The van der Waals surface area contributed by atoms with Gasteiger partial charge in [-0.25, -0.2) is 9.59 Å². The first-order chi connectivity index (χ1) is 9.97. The number of fused-ring (bicyclic) bond motifs is 1. The van der Waals surface area contributed by atoms with Crippen LogP contribution in [0.4, 0.5) is 4.79 Å². The Kier molecular flexibility index (Phi) is 4.18. The van der Waals surface area contributed by atoms with Crippen molar-refractivity contribution in [3.05, 3.63) is 48.0 Å². The van der Waals surface area contributed by atoms with Crippen LogP contribution >= 0.6 is 0 Å². The van der Waals surface area contributed by atoms with Gasteiger partial charge < -0.3 is 10.5 Å². The highest BCUT2D eigenvalue weighted by molar-refractivity contribution is 5.99. The molecule has 6 nitrogen and oxygen atoms in total. The van der Waals surface area contributed by atoms with E-state index in [0.29, 0.717) is 5.56 Å². The molecule has 2 rings (SSSR count). The maximum atomic E-state index is 12.0. The third-order valence-corrected chi connectivity index (χ3v) is 2.88. The average Bonchev–Trinajstić information content (AvgIpc) is 2.45. The van der Waals surface area contributed by atoms with Crippen molar-refractivity contribution in [2.24, 2.45) is 5.73 Å². The second-order valence-corrected chi connectivity index (χ2v) is 4.46. The van der Waals surface area contributed by atoms with E-state index in [1.807, 2.05) is 29.6 Å². The molecule has 0 fully saturated rings. The predicted octanol–water partition coefficient (Wildman–Crippen LogP) is 1.58. The second-order valence-electron chi connectivity index (χ2n) is 4.46. The molecule has 0 aliphatic heterocycles. The monoisotopic (exact) mass is 286 g/mol. The number of nitrogens with two attached hydrogens (primary N) is 1. The number of urea groups is 1. The first-order valence-corrected chi connectivity index (χ1v) is 6.27. The second kappa shape index (κ2) is 6.04. The molecule has 3 N–H and O–H groups in total. The number of imide groups is 1. The number of hydrogen-bond acceptors (Lipinski definition) is 4. The number of carbonyl (C=O) groups is 3. The molecule has 6 heteroatoms. The van der Waals surface area contributed by atoms with Crippen LogP contribution < -0.4 is 11.1 Å². The van der Waals surface area contributed by atoms with Crippen LogP contribution in [-0.4, -0.2) is 24.0 Å². The maximum absolute atomic E-state index is 12.0. The number of amides is 3. The minimum Gasteiger partial charge on any atom is -0.449 e. The number of primary amides is 1. The van der Waals surface area contributed by atoms with Crippen LogP contribution in [0.25, 0.3) is 10.8 Å². The van der Waals surface area contributed by atoms with Crippen LogP contribution in [-0.2, 0) is 9.53 Å². The van der Waals surface area contributed by atoms with Gasteiger partial charge in [-0.15, -0.1) is 0 Å². The summed E-state index contributed by atoms with van der Waals surface area (Å²) in [4.78, 5) is 34.0. The minimum absolute atomic E-state index is 0.326. The van der Waals surface area contributed by atoms with Crippen molar-refractivity contribution in [3.8, 4) is 0 Å². The van der Waals surface area contributed by atoms with Crippen LogP contribution in [0.2, 0.25) is 0 Å². The summed E-state index contributed by atoms with van der Waals surface area (Å²) < 4.78 is 4.99. The van der Waals surface area contributed by atoms with Crippen molar-refractivity contribution in [3.63, 3.8) is 0 Å². The zero-order valence-corrected chi connectivity index (χ0v) is 11.3. The molecule has 108 valence electrons. The van der Waals surface area contributed by atoms with Crippen molar-refractivity contribution in [1.29, 1.82) is 0 Å². The van der Waals surface area contributed by atoms with Crippen LogP contribution in [0, 0.1) is 0 Å². The fraction of sp³-hybridized carbons (Fsp3) is 0.133. The number of rotatable bonds is 3. The zero-order valence-electron chi connectivity index (χ0n) is 11.3. The normalized spacial score (nSPS) is 11.7. The van der Waals surface area contributed by atoms with E-state index in [1.165, 1.54) is 6.92 Å². The fourth-order valence-corrected chi connectivity index (χ4v) is 1.82. The van der Waals surface area contributed by atoms with Gasteiger partial charge in [-0.05, 0) is 29.8 Å². The molecular formula is C15H14N2O4. The number of nitrogens with one attached hydrogen (secondary N) is 1. The van der Waals surface area contributed by atoms with E-state index < -0.39 is 24.0 Å². The van der Waals surface area contributed by atoms with E-state index in [2.05, 4.69) is 0 Å². The first kappa shape index (κ1) is 14.5. The summed E-state index contributed by atoms with van der Waals surface area (Å²) in [6.07, 6.45) is -1.11. The van der Waals surface area contributed by atoms with Crippen molar-refractivity contribution in [2.75, 3.05) is 0 Å². The van der Waals surface area contributed by atoms with Gasteiger partial charge in [0, 0.05) is 0 Å². The Labute approximate surface area is 120 Å². The van der Waals surface area contributed by atoms with Crippen molar-refractivity contribution >= 4 is 28.7 Å². The molecule has 1 atom stereocenters. The molecule has 0 aromatic heterocycles. The predicted molar refractivity (Wildman–Crippen MR) is 76.6 cm³/mol. The van der Waals surface area contributed by atoms with Gasteiger partial charge in [0.1, 0.15) is 0 Å². The molecule has 0 aliphatic rings. The third-order valence-electron chi connectivity index (χ3n) is 2.88. The Hall–Kier alpha value is -2.89. The van der Waals surface area contributed by atoms with E-state index in [4.69, 9.17) is 10.5 Å². The highest BCUT2D eigenvalue weighted by Gasteiger charge is 2.20. The van der Waals surface area contributed by atoms with Crippen LogP contribution in [0.3, 0.4) is 0 Å². The van der Waals surface area contributed by atoms with Gasteiger partial charge in [-0.1, -0.05) is 30.3 Å². The lowest BCUT2D eigenvalue weighted by atomic mass is 10.1. The molecule has 2 aromatic rings. The summed E-state index contributed by atoms with van der Waals surface area (Å²) in [6, 6.07) is 11.6. The Bertz CT molecular complexity index is 712. The van der Waals surface area contributed by atoms with Gasteiger partial charge in [0.15, 0.2) is 6.10 Å². The SMILES string of the molecule is C[C@@H](OC(=O)c1ccc2ccccc2c1)C(=O)NC(N)=O. The van der Waals surface area contributed by atoms with Gasteiger partial charge in [0.2, 0.25) is 0 Å². The third kappa shape index (κ3) is 3.56. The van der Waals surface area contributed by atoms with E-state index in [0.717, 1.165) is 10.8 Å². The molecule has 0 aliphatic carbocycles. The molecule has 0 unspecified atom stereocenters. The standard InChI is InChI=1S/C15H14N2O4/c1-9(13(18)17-15(16)20)21-14(19)12-7-6-10-4-2-3-5-11(10)8-12/h2-9H,1H3,(H3,16,17,18,20)/t9-/m1/s1. The molecule has 0 saturated carbocycles. The lowest BCUT2D eigenvalue weighted by Gasteiger charge is -2.12. The van der Waals surface area contributed by atoms with Gasteiger partial charge >= 0.3 is 12.0 Å². The van der Waals surface area contributed by atoms with E-state index in [1.54, 1.807) is 18.2 Å². The van der Waals surface area contributed by atoms with Crippen LogP contribution in [0.5, 0.6) is 0 Å². The van der Waals surface area contributed by atoms with Gasteiger partial charge in [-0.2, -0.15) is 0 Å². The molecule has 0 saturated heterocycles. The average molecular weight is 286 g/mol. The molecule has 21 heavy (non-hydrogen) atoms. The maximum Gasteiger partial charge on any atom is 0.338 e. The Morgan fingerprint density at radius 3 is 2.43 bits per heavy atom. The number of carbonyl (C=O) groups excluding carboxylic acids is 3. The zero-order chi connectivity index (χ0) is 15.4. The molecule has 3 amide bonds. The summed E-state index contributed by atoms with van der Waals surface area (Å²) in [7, 11) is 0. The van der Waals surface area contributed by atoms with Crippen molar-refractivity contribution in [1.82, 2.24) is 5.32 Å². The molecule has 2 aromatic carbocycles. The lowest BCUT2D eigenvalue weighted by molar-refractivity contribution is -0.127. The highest BCUT2D eigenvalue weighted by Crippen LogP contribution is 2.16. The highest BCUT2D eigenvalue weighted by atomic mass is 16.5. The van der Waals surface area contributed by atoms with Crippen LogP contribution in [0.15, 0.2) is 42.5 Å². The van der Waals surface area contributed by atoms with Gasteiger partial charge in [0.05, 0.1) is 5.56 Å². The minimum atomic E-state index is -1.11. The van der Waals surface area contributed by atoms with Crippen LogP contribution in [0.1, 0.15) is 17.3 Å². The molecule has 0 heterocycles. The van der Waals surface area contributed by atoms with E-state index >= 15 is 0 Å². The first-order valence-electron chi connectivity index (χ1n) is 6.27. The van der Waals surface area contributed by atoms with Gasteiger partial charge in [-0.3, -0.25) is 10.1 Å². The summed E-state index contributed by atoms with van der Waals surface area (Å²) in [5.41, 5.74) is 5.15.